The minimum absolute atomic E-state index is 0.701. The molecule has 3 rings (SSSR count). The lowest BCUT2D eigenvalue weighted by Gasteiger charge is -2.20. The predicted octanol–water partition coefficient (Wildman–Crippen LogP) is 2.97. The Morgan fingerprint density at radius 2 is 2.16 bits per heavy atom. The molecule has 0 saturated heterocycles. The number of hydrogen-bond acceptors (Lipinski definition) is 3. The van der Waals surface area contributed by atoms with Crippen LogP contribution in [0, 0.1) is 0 Å². The number of nitrogens with zero attached hydrogens (tertiary/aromatic N) is 2. The van der Waals surface area contributed by atoms with Gasteiger partial charge in [0.1, 0.15) is 0 Å². The van der Waals surface area contributed by atoms with Crippen LogP contribution < -0.4 is 5.73 Å². The van der Waals surface area contributed by atoms with E-state index in [2.05, 4.69) is 11.5 Å². The SMILES string of the molecule is C=CCN(Cc1cc(N)c2ccccc2n1)C1CC1. The lowest BCUT2D eigenvalue weighted by atomic mass is 10.1. The molecule has 0 radical (unpaired) electrons. The predicted molar refractivity (Wildman–Crippen MR) is 79.8 cm³/mol. The van der Waals surface area contributed by atoms with Crippen LogP contribution in [0.3, 0.4) is 0 Å². The van der Waals surface area contributed by atoms with Gasteiger partial charge in [-0.3, -0.25) is 9.88 Å². The number of aromatic nitrogens is 1. The van der Waals surface area contributed by atoms with Crippen LogP contribution in [-0.4, -0.2) is 22.5 Å². The van der Waals surface area contributed by atoms with Crippen molar-refractivity contribution in [3.63, 3.8) is 0 Å². The first-order valence-corrected chi connectivity index (χ1v) is 6.77. The first-order chi connectivity index (χ1) is 9.28. The molecular weight excluding hydrogens is 234 g/mol. The molecule has 0 atom stereocenters. The average molecular weight is 253 g/mol. The number of benzene rings is 1. The van der Waals surface area contributed by atoms with Crippen LogP contribution in [0.5, 0.6) is 0 Å². The fraction of sp³-hybridized carbons (Fsp3) is 0.312. The normalized spacial score (nSPS) is 15.0. The Morgan fingerprint density at radius 1 is 1.37 bits per heavy atom. The smallest absolute Gasteiger partial charge is 0.0726 e. The third-order valence-corrected chi connectivity index (χ3v) is 3.59. The molecule has 1 heterocycles. The van der Waals surface area contributed by atoms with Gasteiger partial charge in [-0.05, 0) is 25.0 Å². The minimum atomic E-state index is 0.701. The highest BCUT2D eigenvalue weighted by Gasteiger charge is 2.28. The number of rotatable bonds is 5. The van der Waals surface area contributed by atoms with E-state index < -0.39 is 0 Å². The molecule has 0 spiro atoms. The van der Waals surface area contributed by atoms with Crippen LogP contribution in [-0.2, 0) is 6.54 Å². The van der Waals surface area contributed by atoms with E-state index in [0.29, 0.717) is 6.04 Å². The maximum atomic E-state index is 6.12. The Hall–Kier alpha value is -1.87. The zero-order chi connectivity index (χ0) is 13.2. The van der Waals surface area contributed by atoms with Crippen molar-refractivity contribution in [3.05, 3.63) is 48.7 Å². The average Bonchev–Trinajstić information content (AvgIpc) is 3.23. The number of hydrogen-bond donors (Lipinski definition) is 1. The van der Waals surface area contributed by atoms with Crippen molar-refractivity contribution in [2.45, 2.75) is 25.4 Å². The molecule has 1 aromatic carbocycles. The second-order valence-electron chi connectivity index (χ2n) is 5.17. The van der Waals surface area contributed by atoms with Crippen molar-refractivity contribution in [1.82, 2.24) is 9.88 Å². The molecule has 1 aliphatic rings. The molecule has 0 amide bonds. The number of pyridine rings is 1. The summed E-state index contributed by atoms with van der Waals surface area (Å²) in [7, 11) is 0. The van der Waals surface area contributed by atoms with E-state index in [4.69, 9.17) is 10.7 Å². The van der Waals surface area contributed by atoms with Gasteiger partial charge in [0.15, 0.2) is 0 Å². The molecule has 19 heavy (non-hydrogen) atoms. The van der Waals surface area contributed by atoms with Crippen LogP contribution in [0.1, 0.15) is 18.5 Å². The van der Waals surface area contributed by atoms with Gasteiger partial charge in [-0.15, -0.1) is 6.58 Å². The van der Waals surface area contributed by atoms with Crippen molar-refractivity contribution in [3.8, 4) is 0 Å². The molecule has 2 N–H and O–H groups in total. The highest BCUT2D eigenvalue weighted by atomic mass is 15.2. The topological polar surface area (TPSA) is 42.1 Å². The molecule has 3 nitrogen and oxygen atoms in total. The van der Waals surface area contributed by atoms with Crippen LogP contribution in [0.25, 0.3) is 10.9 Å². The molecule has 3 heteroatoms. The number of anilines is 1. The van der Waals surface area contributed by atoms with E-state index in [9.17, 15) is 0 Å². The van der Waals surface area contributed by atoms with Crippen molar-refractivity contribution in [1.29, 1.82) is 0 Å². The van der Waals surface area contributed by atoms with Gasteiger partial charge in [0.2, 0.25) is 0 Å². The van der Waals surface area contributed by atoms with Gasteiger partial charge in [-0.25, -0.2) is 0 Å². The standard InChI is InChI=1S/C16H19N3/c1-2-9-19(13-7-8-13)11-12-10-15(17)14-5-3-4-6-16(14)18-12/h2-6,10,13H,1,7-9,11H2,(H2,17,18). The molecule has 1 saturated carbocycles. The van der Waals surface area contributed by atoms with E-state index in [1.807, 2.05) is 36.4 Å². The summed E-state index contributed by atoms with van der Waals surface area (Å²) in [5, 5.41) is 1.04. The molecule has 1 aliphatic carbocycles. The molecule has 0 bridgehead atoms. The van der Waals surface area contributed by atoms with Gasteiger partial charge in [-0.1, -0.05) is 24.3 Å². The summed E-state index contributed by atoms with van der Waals surface area (Å²) in [6.07, 6.45) is 4.54. The zero-order valence-corrected chi connectivity index (χ0v) is 11.0. The van der Waals surface area contributed by atoms with E-state index >= 15 is 0 Å². The van der Waals surface area contributed by atoms with E-state index in [1.54, 1.807) is 0 Å². The van der Waals surface area contributed by atoms with Gasteiger partial charge in [-0.2, -0.15) is 0 Å². The molecule has 2 aromatic rings. The Labute approximate surface area is 113 Å². The summed E-state index contributed by atoms with van der Waals surface area (Å²) in [5.41, 5.74) is 8.96. The Kier molecular flexibility index (Phi) is 3.22. The number of para-hydroxylation sites is 1. The second-order valence-corrected chi connectivity index (χ2v) is 5.17. The van der Waals surface area contributed by atoms with Gasteiger partial charge in [0.05, 0.1) is 11.2 Å². The monoisotopic (exact) mass is 253 g/mol. The summed E-state index contributed by atoms with van der Waals surface area (Å²) < 4.78 is 0. The third kappa shape index (κ3) is 2.61. The fourth-order valence-corrected chi connectivity index (χ4v) is 2.50. The third-order valence-electron chi connectivity index (χ3n) is 3.59. The van der Waals surface area contributed by atoms with Crippen molar-refractivity contribution in [2.75, 3.05) is 12.3 Å². The molecular formula is C16H19N3. The van der Waals surface area contributed by atoms with Gasteiger partial charge < -0.3 is 5.73 Å². The van der Waals surface area contributed by atoms with E-state index in [0.717, 1.165) is 35.4 Å². The summed E-state index contributed by atoms with van der Waals surface area (Å²) in [4.78, 5) is 7.13. The summed E-state index contributed by atoms with van der Waals surface area (Å²) in [6, 6.07) is 10.7. The fourth-order valence-electron chi connectivity index (χ4n) is 2.50. The van der Waals surface area contributed by atoms with Crippen molar-refractivity contribution in [2.24, 2.45) is 0 Å². The summed E-state index contributed by atoms with van der Waals surface area (Å²) in [5.74, 6) is 0. The van der Waals surface area contributed by atoms with Gasteiger partial charge >= 0.3 is 0 Å². The first-order valence-electron chi connectivity index (χ1n) is 6.77. The van der Waals surface area contributed by atoms with Crippen LogP contribution >= 0.6 is 0 Å². The Morgan fingerprint density at radius 3 is 2.89 bits per heavy atom. The Balaban J connectivity index is 1.89. The molecule has 1 fully saturated rings. The Bertz CT molecular complexity index is 602. The molecule has 0 aliphatic heterocycles. The maximum Gasteiger partial charge on any atom is 0.0726 e. The molecule has 1 aromatic heterocycles. The molecule has 98 valence electrons. The van der Waals surface area contributed by atoms with Crippen LogP contribution in [0.4, 0.5) is 5.69 Å². The van der Waals surface area contributed by atoms with Crippen LogP contribution in [0.2, 0.25) is 0 Å². The largest absolute Gasteiger partial charge is 0.398 e. The highest BCUT2D eigenvalue weighted by molar-refractivity contribution is 5.90. The van der Waals surface area contributed by atoms with Crippen molar-refractivity contribution < 1.29 is 0 Å². The molecule has 0 unspecified atom stereocenters. The lowest BCUT2D eigenvalue weighted by molar-refractivity contribution is 0.281. The highest BCUT2D eigenvalue weighted by Crippen LogP contribution is 2.29. The summed E-state index contributed by atoms with van der Waals surface area (Å²) >= 11 is 0. The quantitative estimate of drug-likeness (QED) is 0.833. The van der Waals surface area contributed by atoms with Gasteiger partial charge in [0, 0.05) is 30.2 Å². The number of nitrogen functional groups attached to an aromatic ring is 1. The second kappa shape index (κ2) is 5.02. The zero-order valence-electron chi connectivity index (χ0n) is 11.0. The van der Waals surface area contributed by atoms with Crippen LogP contribution in [0.15, 0.2) is 43.0 Å². The van der Waals surface area contributed by atoms with Crippen molar-refractivity contribution >= 4 is 16.6 Å². The van der Waals surface area contributed by atoms with Gasteiger partial charge in [0.25, 0.3) is 0 Å². The minimum Gasteiger partial charge on any atom is -0.398 e. The van der Waals surface area contributed by atoms with E-state index in [1.165, 1.54) is 12.8 Å². The number of nitrogens with two attached hydrogens (primary N) is 1. The maximum absolute atomic E-state index is 6.12. The summed E-state index contributed by atoms with van der Waals surface area (Å²) in [6.45, 7) is 5.60. The van der Waals surface area contributed by atoms with E-state index in [-0.39, 0.29) is 0 Å². The first kappa shape index (κ1) is 12.2. The number of fused-ring (bicyclic) bond motifs is 1. The lowest BCUT2D eigenvalue weighted by Crippen LogP contribution is -2.26.